The Hall–Kier alpha value is -1.62. The van der Waals surface area contributed by atoms with Crippen molar-refractivity contribution in [2.45, 2.75) is 6.92 Å². The van der Waals surface area contributed by atoms with Gasteiger partial charge in [-0.05, 0) is 19.1 Å². The summed E-state index contributed by atoms with van der Waals surface area (Å²) in [5.41, 5.74) is 0.612. The summed E-state index contributed by atoms with van der Waals surface area (Å²) in [5, 5.41) is 11.4. The number of hydrogen-bond acceptors (Lipinski definition) is 4. The number of hydrogen-bond donors (Lipinski definition) is 1. The average molecular weight is 296 g/mol. The minimum Gasteiger partial charge on any atom is -0.505 e. The molecule has 0 saturated carbocycles. The second-order valence-electron chi connectivity index (χ2n) is 3.58. The minimum absolute atomic E-state index is 0.0596. The van der Waals surface area contributed by atoms with Crippen LogP contribution in [0.5, 0.6) is 5.75 Å². The van der Waals surface area contributed by atoms with Crippen molar-refractivity contribution in [2.75, 3.05) is 7.11 Å². The number of fused-ring (bicyclic) bond motifs is 1. The first-order chi connectivity index (χ1) is 8.04. The maximum atomic E-state index is 11.5. The molecule has 5 heteroatoms. The van der Waals surface area contributed by atoms with Crippen molar-refractivity contribution >= 4 is 32.7 Å². The third kappa shape index (κ3) is 1.98. The Kier molecular flexibility index (Phi) is 3.02. The Bertz CT molecular complexity index is 610. The highest BCUT2D eigenvalue weighted by atomic mass is 79.9. The molecule has 1 aromatic heterocycles. The van der Waals surface area contributed by atoms with E-state index in [-0.39, 0.29) is 11.4 Å². The van der Waals surface area contributed by atoms with E-state index in [1.54, 1.807) is 13.0 Å². The van der Waals surface area contributed by atoms with Crippen LogP contribution in [0.2, 0.25) is 0 Å². The number of ether oxygens (including phenoxy) is 1. The summed E-state index contributed by atoms with van der Waals surface area (Å²) < 4.78 is 5.40. The second-order valence-corrected chi connectivity index (χ2v) is 4.49. The number of benzene rings is 1. The number of methoxy groups -OCH3 is 1. The summed E-state index contributed by atoms with van der Waals surface area (Å²) in [6.45, 7) is 1.78. The molecule has 2 aromatic rings. The minimum atomic E-state index is -0.646. The number of nitrogens with zero attached hydrogens (tertiary/aromatic N) is 1. The van der Waals surface area contributed by atoms with Gasteiger partial charge in [0, 0.05) is 20.9 Å². The van der Waals surface area contributed by atoms with Gasteiger partial charge in [-0.1, -0.05) is 22.0 Å². The maximum Gasteiger partial charge on any atom is 0.360 e. The molecule has 1 N–H and O–H groups in total. The van der Waals surface area contributed by atoms with E-state index < -0.39 is 5.97 Å². The molecule has 0 fully saturated rings. The molecule has 17 heavy (non-hydrogen) atoms. The van der Waals surface area contributed by atoms with Crippen molar-refractivity contribution in [1.29, 1.82) is 0 Å². The molecule has 0 amide bonds. The number of esters is 1. The lowest BCUT2D eigenvalue weighted by molar-refractivity contribution is 0.0590. The van der Waals surface area contributed by atoms with Crippen molar-refractivity contribution in [1.82, 2.24) is 4.98 Å². The fourth-order valence-electron chi connectivity index (χ4n) is 1.68. The SMILES string of the molecule is COC(=O)c1nc(C)c2ccc(Br)cc2c1O. The molecule has 0 aliphatic carbocycles. The van der Waals surface area contributed by atoms with E-state index in [9.17, 15) is 9.90 Å². The van der Waals surface area contributed by atoms with Gasteiger partial charge in [-0.3, -0.25) is 0 Å². The molecule has 2 rings (SSSR count). The Morgan fingerprint density at radius 1 is 1.41 bits per heavy atom. The average Bonchev–Trinajstić information content (AvgIpc) is 2.32. The Labute approximate surface area is 106 Å². The van der Waals surface area contributed by atoms with Crippen LogP contribution in [0.25, 0.3) is 10.8 Å². The van der Waals surface area contributed by atoms with E-state index in [2.05, 4.69) is 25.7 Å². The van der Waals surface area contributed by atoms with E-state index in [1.807, 2.05) is 12.1 Å². The van der Waals surface area contributed by atoms with E-state index in [0.29, 0.717) is 11.1 Å². The van der Waals surface area contributed by atoms with E-state index >= 15 is 0 Å². The van der Waals surface area contributed by atoms with Crippen LogP contribution in [0.1, 0.15) is 16.2 Å². The van der Waals surface area contributed by atoms with Gasteiger partial charge in [0.1, 0.15) is 0 Å². The van der Waals surface area contributed by atoms with Crippen LogP contribution in [0, 0.1) is 6.92 Å². The molecule has 0 aliphatic heterocycles. The summed E-state index contributed by atoms with van der Waals surface area (Å²) >= 11 is 3.32. The highest BCUT2D eigenvalue weighted by molar-refractivity contribution is 9.10. The van der Waals surface area contributed by atoms with Gasteiger partial charge in [0.05, 0.1) is 7.11 Å². The van der Waals surface area contributed by atoms with Gasteiger partial charge in [-0.2, -0.15) is 0 Å². The van der Waals surface area contributed by atoms with Gasteiger partial charge in [-0.15, -0.1) is 0 Å². The highest BCUT2D eigenvalue weighted by Crippen LogP contribution is 2.31. The summed E-state index contributed by atoms with van der Waals surface area (Å²) in [6.07, 6.45) is 0. The van der Waals surface area contributed by atoms with E-state index in [0.717, 1.165) is 9.86 Å². The molecule has 4 nitrogen and oxygen atoms in total. The van der Waals surface area contributed by atoms with Crippen LogP contribution in [0.3, 0.4) is 0 Å². The number of pyridine rings is 1. The highest BCUT2D eigenvalue weighted by Gasteiger charge is 2.18. The number of aromatic nitrogens is 1. The van der Waals surface area contributed by atoms with Gasteiger partial charge in [0.2, 0.25) is 0 Å². The zero-order valence-corrected chi connectivity index (χ0v) is 10.9. The fraction of sp³-hybridized carbons (Fsp3) is 0.167. The summed E-state index contributed by atoms with van der Waals surface area (Å²) in [5.74, 6) is -0.800. The van der Waals surface area contributed by atoms with E-state index in [4.69, 9.17) is 0 Å². The standard InChI is InChI=1S/C12H10BrNO3/c1-6-8-4-3-7(13)5-9(8)11(15)10(14-6)12(16)17-2/h3-5,15H,1-2H3. The molecule has 0 bridgehead atoms. The first kappa shape index (κ1) is 11.9. The zero-order valence-electron chi connectivity index (χ0n) is 9.32. The van der Waals surface area contributed by atoms with Crippen LogP contribution in [0.4, 0.5) is 0 Å². The normalized spacial score (nSPS) is 10.5. The predicted octanol–water partition coefficient (Wildman–Crippen LogP) is 2.80. The molecule has 88 valence electrons. The molecular formula is C12H10BrNO3. The summed E-state index contributed by atoms with van der Waals surface area (Å²) in [6, 6.07) is 5.43. The monoisotopic (exact) mass is 295 g/mol. The molecule has 0 saturated heterocycles. The van der Waals surface area contributed by atoms with Crippen LogP contribution < -0.4 is 0 Å². The number of aromatic hydroxyl groups is 1. The van der Waals surface area contributed by atoms with Gasteiger partial charge in [0.15, 0.2) is 11.4 Å². The quantitative estimate of drug-likeness (QED) is 0.822. The van der Waals surface area contributed by atoms with Gasteiger partial charge in [-0.25, -0.2) is 9.78 Å². The first-order valence-corrected chi connectivity index (χ1v) is 5.71. The lowest BCUT2D eigenvalue weighted by Gasteiger charge is -2.08. The predicted molar refractivity (Wildman–Crippen MR) is 67.2 cm³/mol. The van der Waals surface area contributed by atoms with Crippen LogP contribution in [-0.2, 0) is 4.74 Å². The van der Waals surface area contributed by atoms with Crippen LogP contribution >= 0.6 is 15.9 Å². The number of halogens is 1. The number of carbonyl (C=O) groups excluding carboxylic acids is 1. The van der Waals surface area contributed by atoms with Crippen molar-refractivity contribution in [3.8, 4) is 5.75 Å². The second kappa shape index (κ2) is 4.33. The van der Waals surface area contributed by atoms with Crippen LogP contribution in [-0.4, -0.2) is 23.2 Å². The van der Waals surface area contributed by atoms with Crippen molar-refractivity contribution in [3.63, 3.8) is 0 Å². The molecule has 0 radical (unpaired) electrons. The summed E-state index contributed by atoms with van der Waals surface area (Å²) in [7, 11) is 1.25. The topological polar surface area (TPSA) is 59.4 Å². The first-order valence-electron chi connectivity index (χ1n) is 4.91. The number of carbonyl (C=O) groups is 1. The smallest absolute Gasteiger partial charge is 0.360 e. The number of rotatable bonds is 1. The fourth-order valence-corrected chi connectivity index (χ4v) is 2.04. The van der Waals surface area contributed by atoms with E-state index in [1.165, 1.54) is 7.11 Å². The molecule has 0 aliphatic rings. The lowest BCUT2D eigenvalue weighted by atomic mass is 10.1. The Morgan fingerprint density at radius 3 is 2.76 bits per heavy atom. The molecular weight excluding hydrogens is 286 g/mol. The lowest BCUT2D eigenvalue weighted by Crippen LogP contribution is -2.06. The molecule has 1 heterocycles. The molecule has 0 spiro atoms. The molecule has 0 atom stereocenters. The largest absolute Gasteiger partial charge is 0.505 e. The Morgan fingerprint density at radius 2 is 2.12 bits per heavy atom. The zero-order chi connectivity index (χ0) is 12.6. The maximum absolute atomic E-state index is 11.5. The third-order valence-electron chi connectivity index (χ3n) is 2.51. The van der Waals surface area contributed by atoms with Crippen molar-refractivity contribution in [3.05, 3.63) is 34.1 Å². The van der Waals surface area contributed by atoms with Gasteiger partial charge >= 0.3 is 5.97 Å². The van der Waals surface area contributed by atoms with Gasteiger partial charge in [0.25, 0.3) is 0 Å². The van der Waals surface area contributed by atoms with Gasteiger partial charge < -0.3 is 9.84 Å². The summed E-state index contributed by atoms with van der Waals surface area (Å²) in [4.78, 5) is 15.5. The number of aryl methyl sites for hydroxylation is 1. The van der Waals surface area contributed by atoms with Crippen molar-refractivity contribution < 1.29 is 14.6 Å². The third-order valence-corrected chi connectivity index (χ3v) is 3.00. The van der Waals surface area contributed by atoms with Crippen molar-refractivity contribution in [2.24, 2.45) is 0 Å². The van der Waals surface area contributed by atoms with Crippen LogP contribution in [0.15, 0.2) is 22.7 Å². The molecule has 0 unspecified atom stereocenters. The Balaban J connectivity index is 2.82. The molecule has 1 aromatic carbocycles.